The molecule has 5 heteroatoms. The Morgan fingerprint density at radius 3 is 2.40 bits per heavy atom. The van der Waals surface area contributed by atoms with E-state index in [1.165, 1.54) is 12.1 Å². The molecule has 0 aliphatic heterocycles. The average Bonchev–Trinajstić information content (AvgIpc) is 2.18. The molecule has 1 aromatic carbocycles. The molecule has 0 saturated carbocycles. The summed E-state index contributed by atoms with van der Waals surface area (Å²) in [4.78, 5) is 20.2. The number of aromatic carboxylic acids is 1. The van der Waals surface area contributed by atoms with Crippen LogP contribution in [-0.2, 0) is 6.42 Å². The quantitative estimate of drug-likeness (QED) is 0.589. The molecule has 0 bridgehead atoms. The topological polar surface area (TPSA) is 80.4 Å². The third-order valence-electron chi connectivity index (χ3n) is 2.01. The van der Waals surface area contributed by atoms with Crippen molar-refractivity contribution >= 4 is 5.97 Å². The molecule has 0 saturated heterocycles. The first kappa shape index (κ1) is 11.2. The second kappa shape index (κ2) is 5.09. The molecule has 0 unspecified atom stereocenters. The molecule has 1 rings (SSSR count). The zero-order chi connectivity index (χ0) is 11.3. The van der Waals surface area contributed by atoms with Crippen molar-refractivity contribution in [2.75, 3.05) is 6.54 Å². The Bertz CT molecular complexity index is 358. The highest BCUT2D eigenvalue weighted by Gasteiger charge is 2.02. The summed E-state index contributed by atoms with van der Waals surface area (Å²) < 4.78 is 0. The molecule has 80 valence electrons. The summed E-state index contributed by atoms with van der Waals surface area (Å²) in [6, 6.07) is 6.38. The third kappa shape index (κ3) is 3.76. The number of benzene rings is 1. The predicted molar refractivity (Wildman–Crippen MR) is 53.6 cm³/mol. The Hall–Kier alpha value is -1.91. The van der Waals surface area contributed by atoms with Crippen molar-refractivity contribution in [2.24, 2.45) is 0 Å². The minimum absolute atomic E-state index is 0.0549. The molecule has 0 aliphatic rings. The normalized spacial score (nSPS) is 9.87. The fourth-order valence-electron chi connectivity index (χ4n) is 1.23. The van der Waals surface area contributed by atoms with Crippen LogP contribution in [0.3, 0.4) is 0 Å². The van der Waals surface area contributed by atoms with Gasteiger partial charge in [0, 0.05) is 11.3 Å². The van der Waals surface area contributed by atoms with Crippen molar-refractivity contribution in [3.63, 3.8) is 0 Å². The van der Waals surface area contributed by atoms with Crippen LogP contribution >= 0.6 is 0 Å². The lowest BCUT2D eigenvalue weighted by molar-refractivity contribution is -0.480. The number of hydrogen-bond acceptors (Lipinski definition) is 3. The predicted octanol–water partition coefficient (Wildman–Crippen LogP) is 1.59. The first-order valence-corrected chi connectivity index (χ1v) is 4.53. The minimum Gasteiger partial charge on any atom is -0.478 e. The first-order valence-electron chi connectivity index (χ1n) is 4.53. The van der Waals surface area contributed by atoms with Crippen LogP contribution in [0.15, 0.2) is 24.3 Å². The number of carbonyl (C=O) groups is 1. The highest BCUT2D eigenvalue weighted by molar-refractivity contribution is 5.87. The van der Waals surface area contributed by atoms with Crippen molar-refractivity contribution in [1.82, 2.24) is 0 Å². The molecule has 0 aromatic heterocycles. The molecule has 0 heterocycles. The number of nitrogens with zero attached hydrogens (tertiary/aromatic N) is 1. The summed E-state index contributed by atoms with van der Waals surface area (Å²) in [6.45, 7) is -0.0549. The zero-order valence-corrected chi connectivity index (χ0v) is 8.05. The van der Waals surface area contributed by atoms with E-state index in [2.05, 4.69) is 0 Å². The van der Waals surface area contributed by atoms with E-state index in [1.54, 1.807) is 12.1 Å². The van der Waals surface area contributed by atoms with E-state index in [4.69, 9.17) is 5.11 Å². The SMILES string of the molecule is O=C(O)c1ccc(CCC[N+](=O)[O-])cc1. The Morgan fingerprint density at radius 1 is 1.33 bits per heavy atom. The number of aryl methyl sites for hydroxylation is 1. The van der Waals surface area contributed by atoms with Gasteiger partial charge in [-0.15, -0.1) is 0 Å². The van der Waals surface area contributed by atoms with Gasteiger partial charge in [-0.25, -0.2) is 4.79 Å². The summed E-state index contributed by atoms with van der Waals surface area (Å²) in [6.07, 6.45) is 1.07. The van der Waals surface area contributed by atoms with Gasteiger partial charge in [0.15, 0.2) is 0 Å². The Kier molecular flexibility index (Phi) is 3.79. The van der Waals surface area contributed by atoms with Crippen LogP contribution in [0.5, 0.6) is 0 Å². The molecule has 5 nitrogen and oxygen atoms in total. The molecule has 0 spiro atoms. The van der Waals surface area contributed by atoms with E-state index in [0.717, 1.165) is 5.56 Å². The maximum atomic E-state index is 10.5. The van der Waals surface area contributed by atoms with E-state index < -0.39 is 5.97 Å². The molecular formula is C10H11NO4. The van der Waals surface area contributed by atoms with Crippen molar-refractivity contribution in [1.29, 1.82) is 0 Å². The van der Waals surface area contributed by atoms with E-state index in [9.17, 15) is 14.9 Å². The fourth-order valence-corrected chi connectivity index (χ4v) is 1.23. The second-order valence-corrected chi connectivity index (χ2v) is 3.16. The van der Waals surface area contributed by atoms with Gasteiger partial charge in [0.05, 0.1) is 5.56 Å². The van der Waals surface area contributed by atoms with Gasteiger partial charge in [0.1, 0.15) is 0 Å². The molecule has 0 fully saturated rings. The molecule has 0 aliphatic carbocycles. The Labute approximate surface area is 86.5 Å². The van der Waals surface area contributed by atoms with Crippen molar-refractivity contribution in [3.8, 4) is 0 Å². The van der Waals surface area contributed by atoms with Crippen LogP contribution in [0.2, 0.25) is 0 Å². The monoisotopic (exact) mass is 209 g/mol. The molecule has 0 radical (unpaired) electrons. The lowest BCUT2D eigenvalue weighted by Crippen LogP contribution is -2.02. The Morgan fingerprint density at radius 2 is 1.93 bits per heavy atom. The number of carboxylic acids is 1. The summed E-state index contributed by atoms with van der Waals surface area (Å²) in [5.41, 5.74) is 1.15. The summed E-state index contributed by atoms with van der Waals surface area (Å²) in [7, 11) is 0. The number of carboxylic acid groups (broad SMARTS) is 1. The molecule has 15 heavy (non-hydrogen) atoms. The number of nitro groups is 1. The van der Waals surface area contributed by atoms with Crippen LogP contribution in [0.25, 0.3) is 0 Å². The fraction of sp³-hybridized carbons (Fsp3) is 0.300. The molecule has 0 atom stereocenters. The molecular weight excluding hydrogens is 198 g/mol. The van der Waals surface area contributed by atoms with Crippen molar-refractivity contribution in [2.45, 2.75) is 12.8 Å². The molecule has 0 amide bonds. The maximum absolute atomic E-state index is 10.5. The largest absolute Gasteiger partial charge is 0.478 e. The van der Waals surface area contributed by atoms with Gasteiger partial charge in [-0.2, -0.15) is 0 Å². The smallest absolute Gasteiger partial charge is 0.335 e. The second-order valence-electron chi connectivity index (χ2n) is 3.16. The van der Waals surface area contributed by atoms with Gasteiger partial charge in [-0.05, 0) is 24.1 Å². The number of hydrogen-bond donors (Lipinski definition) is 1. The van der Waals surface area contributed by atoms with Crippen molar-refractivity contribution < 1.29 is 14.8 Å². The highest BCUT2D eigenvalue weighted by Crippen LogP contribution is 2.06. The van der Waals surface area contributed by atoms with Crippen molar-refractivity contribution in [3.05, 3.63) is 45.5 Å². The average molecular weight is 209 g/mol. The van der Waals surface area contributed by atoms with Crippen LogP contribution in [0.1, 0.15) is 22.3 Å². The number of rotatable bonds is 5. The van der Waals surface area contributed by atoms with E-state index in [-0.39, 0.29) is 17.0 Å². The van der Waals surface area contributed by atoms with Gasteiger partial charge >= 0.3 is 5.97 Å². The van der Waals surface area contributed by atoms with E-state index in [0.29, 0.717) is 12.8 Å². The highest BCUT2D eigenvalue weighted by atomic mass is 16.6. The van der Waals surface area contributed by atoms with Gasteiger partial charge in [-0.3, -0.25) is 10.1 Å². The van der Waals surface area contributed by atoms with E-state index >= 15 is 0 Å². The minimum atomic E-state index is -0.966. The van der Waals surface area contributed by atoms with Gasteiger partial charge in [-0.1, -0.05) is 12.1 Å². The summed E-state index contributed by atoms with van der Waals surface area (Å²) in [5, 5.41) is 18.7. The zero-order valence-electron chi connectivity index (χ0n) is 8.05. The molecule has 1 aromatic rings. The lowest BCUT2D eigenvalue weighted by Gasteiger charge is -1.99. The van der Waals surface area contributed by atoms with Gasteiger partial charge in [0.25, 0.3) is 0 Å². The van der Waals surface area contributed by atoms with Gasteiger partial charge in [0.2, 0.25) is 6.54 Å². The first-order chi connectivity index (χ1) is 7.09. The van der Waals surface area contributed by atoms with E-state index in [1.807, 2.05) is 0 Å². The maximum Gasteiger partial charge on any atom is 0.335 e. The van der Waals surface area contributed by atoms with Gasteiger partial charge < -0.3 is 5.11 Å². The van der Waals surface area contributed by atoms with Crippen LogP contribution in [0, 0.1) is 10.1 Å². The Balaban J connectivity index is 2.50. The van der Waals surface area contributed by atoms with Crippen LogP contribution in [-0.4, -0.2) is 22.5 Å². The molecule has 1 N–H and O–H groups in total. The van der Waals surface area contributed by atoms with Crippen LogP contribution in [0.4, 0.5) is 0 Å². The summed E-state index contributed by atoms with van der Waals surface area (Å²) >= 11 is 0. The lowest BCUT2D eigenvalue weighted by atomic mass is 10.1. The third-order valence-corrected chi connectivity index (χ3v) is 2.01. The standard InChI is InChI=1S/C10H11NO4/c12-10(13)9-5-3-8(4-6-9)2-1-7-11(14)15/h3-6H,1-2,7H2,(H,12,13). The summed E-state index contributed by atoms with van der Waals surface area (Å²) in [5.74, 6) is -0.966. The van der Waals surface area contributed by atoms with Crippen LogP contribution < -0.4 is 0 Å².